The van der Waals surface area contributed by atoms with Gasteiger partial charge in [-0.05, 0) is 47.1 Å². The summed E-state index contributed by atoms with van der Waals surface area (Å²) in [7, 11) is 0. The smallest absolute Gasteiger partial charge is 0.410 e. The summed E-state index contributed by atoms with van der Waals surface area (Å²) in [5.74, 6) is 0. The summed E-state index contributed by atoms with van der Waals surface area (Å²) in [5, 5.41) is 4.58. The molecule has 0 atom stereocenters. The second-order valence-electron chi connectivity index (χ2n) is 6.16. The fraction of sp³-hybridized carbons (Fsp3) is 0.750. The van der Waals surface area contributed by atoms with Gasteiger partial charge in [-0.2, -0.15) is 0 Å². The normalized spacial score (nSPS) is 11.5. The molecule has 0 aromatic carbocycles. The van der Waals surface area contributed by atoms with Gasteiger partial charge in [0, 0.05) is 30.7 Å². The average molecular weight is 327 g/mol. The second-order valence-corrected chi connectivity index (χ2v) is 7.36. The molecule has 0 aliphatic heterocycles. The molecule has 126 valence electrons. The first-order valence-corrected chi connectivity index (χ1v) is 8.79. The molecule has 0 aliphatic carbocycles. The van der Waals surface area contributed by atoms with Gasteiger partial charge in [-0.25, -0.2) is 9.78 Å². The third-order valence-electron chi connectivity index (χ3n) is 3.02. The van der Waals surface area contributed by atoms with Crippen LogP contribution in [0.2, 0.25) is 0 Å². The molecule has 1 rings (SSSR count). The topological polar surface area (TPSA) is 54.5 Å². The van der Waals surface area contributed by atoms with E-state index < -0.39 is 5.60 Å². The molecule has 1 aromatic heterocycles. The van der Waals surface area contributed by atoms with Crippen LogP contribution in [0.4, 0.5) is 4.79 Å². The molecule has 1 aromatic rings. The fourth-order valence-corrected chi connectivity index (χ4v) is 2.74. The van der Waals surface area contributed by atoms with Gasteiger partial charge >= 0.3 is 6.09 Å². The summed E-state index contributed by atoms with van der Waals surface area (Å²) >= 11 is 1.75. The van der Waals surface area contributed by atoms with Crippen molar-refractivity contribution < 1.29 is 9.53 Å². The van der Waals surface area contributed by atoms with Gasteiger partial charge < -0.3 is 15.0 Å². The van der Waals surface area contributed by atoms with E-state index in [4.69, 9.17) is 4.74 Å². The number of amides is 1. The Kier molecular flexibility index (Phi) is 7.82. The molecular formula is C16H29N3O2S. The molecule has 6 heteroatoms. The molecule has 0 spiro atoms. The standard InChI is InChI=1S/C16H29N3O2S/c1-6-14-18-12-13(22-14)11-17-9-8-10-19(7-2)15(20)21-16(3,4)5/h12,17H,6-11H2,1-5H3. The second kappa shape index (κ2) is 9.10. The molecule has 1 N–H and O–H groups in total. The molecule has 1 amide bonds. The van der Waals surface area contributed by atoms with Gasteiger partial charge in [-0.1, -0.05) is 6.92 Å². The van der Waals surface area contributed by atoms with Crippen molar-refractivity contribution in [3.63, 3.8) is 0 Å². The number of rotatable bonds is 8. The molecular weight excluding hydrogens is 298 g/mol. The lowest BCUT2D eigenvalue weighted by Crippen LogP contribution is -2.38. The van der Waals surface area contributed by atoms with Crippen molar-refractivity contribution in [3.05, 3.63) is 16.1 Å². The number of thiazole rings is 1. The zero-order valence-corrected chi connectivity index (χ0v) is 15.3. The summed E-state index contributed by atoms with van der Waals surface area (Å²) in [6, 6.07) is 0. The lowest BCUT2D eigenvalue weighted by molar-refractivity contribution is 0.0258. The summed E-state index contributed by atoms with van der Waals surface area (Å²) in [4.78, 5) is 19.3. The molecule has 0 bridgehead atoms. The van der Waals surface area contributed by atoms with E-state index in [0.717, 1.165) is 25.9 Å². The number of ether oxygens (including phenoxy) is 1. The molecule has 0 aliphatic rings. The predicted octanol–water partition coefficient (Wildman–Crippen LogP) is 3.44. The Morgan fingerprint density at radius 2 is 2.14 bits per heavy atom. The molecule has 22 heavy (non-hydrogen) atoms. The SMILES string of the molecule is CCc1ncc(CNCCCN(CC)C(=O)OC(C)(C)C)s1. The summed E-state index contributed by atoms with van der Waals surface area (Å²) in [6.07, 6.45) is 3.61. The molecule has 0 saturated heterocycles. The van der Waals surface area contributed by atoms with E-state index in [1.807, 2.05) is 33.9 Å². The van der Waals surface area contributed by atoms with E-state index in [9.17, 15) is 4.79 Å². The monoisotopic (exact) mass is 327 g/mol. The Balaban J connectivity index is 2.22. The van der Waals surface area contributed by atoms with E-state index in [2.05, 4.69) is 17.2 Å². The minimum atomic E-state index is -0.439. The minimum absolute atomic E-state index is 0.231. The van der Waals surface area contributed by atoms with Crippen LogP contribution in [-0.4, -0.2) is 41.2 Å². The van der Waals surface area contributed by atoms with Crippen LogP contribution >= 0.6 is 11.3 Å². The zero-order chi connectivity index (χ0) is 16.6. The van der Waals surface area contributed by atoms with Gasteiger partial charge in [0.25, 0.3) is 0 Å². The molecule has 0 unspecified atom stereocenters. The van der Waals surface area contributed by atoms with Crippen LogP contribution in [0.3, 0.4) is 0 Å². The van der Waals surface area contributed by atoms with E-state index in [-0.39, 0.29) is 6.09 Å². The lowest BCUT2D eigenvalue weighted by atomic mass is 10.2. The number of hydrogen-bond acceptors (Lipinski definition) is 5. The van der Waals surface area contributed by atoms with Crippen molar-refractivity contribution in [2.75, 3.05) is 19.6 Å². The van der Waals surface area contributed by atoms with Crippen LogP contribution in [-0.2, 0) is 17.7 Å². The maximum absolute atomic E-state index is 12.0. The predicted molar refractivity (Wildman–Crippen MR) is 91.3 cm³/mol. The number of carbonyl (C=O) groups is 1. The van der Waals surface area contributed by atoms with Crippen molar-refractivity contribution in [3.8, 4) is 0 Å². The number of aromatic nitrogens is 1. The highest BCUT2D eigenvalue weighted by Crippen LogP contribution is 2.13. The molecule has 0 saturated carbocycles. The largest absolute Gasteiger partial charge is 0.444 e. The van der Waals surface area contributed by atoms with Crippen molar-refractivity contribution in [2.45, 2.75) is 59.6 Å². The van der Waals surface area contributed by atoms with Crippen LogP contribution in [0, 0.1) is 0 Å². The Labute approximate surface area is 138 Å². The van der Waals surface area contributed by atoms with Crippen molar-refractivity contribution in [1.82, 2.24) is 15.2 Å². The van der Waals surface area contributed by atoms with Crippen LogP contribution in [0.5, 0.6) is 0 Å². The highest BCUT2D eigenvalue weighted by atomic mass is 32.1. The van der Waals surface area contributed by atoms with Crippen LogP contribution in [0.1, 0.15) is 50.9 Å². The number of nitrogens with one attached hydrogen (secondary N) is 1. The number of nitrogens with zero attached hydrogens (tertiary/aromatic N) is 2. The highest BCUT2D eigenvalue weighted by Gasteiger charge is 2.20. The molecule has 0 radical (unpaired) electrons. The van der Waals surface area contributed by atoms with Crippen LogP contribution < -0.4 is 5.32 Å². The summed E-state index contributed by atoms with van der Waals surface area (Å²) in [6.45, 7) is 12.9. The summed E-state index contributed by atoms with van der Waals surface area (Å²) in [5.41, 5.74) is -0.439. The number of carbonyl (C=O) groups excluding carboxylic acids is 1. The van der Waals surface area contributed by atoms with Gasteiger partial charge in [0.1, 0.15) is 5.60 Å². The summed E-state index contributed by atoms with van der Waals surface area (Å²) < 4.78 is 5.39. The van der Waals surface area contributed by atoms with Gasteiger partial charge in [0.15, 0.2) is 0 Å². The third kappa shape index (κ3) is 7.22. The molecule has 5 nitrogen and oxygen atoms in total. The quantitative estimate of drug-likeness (QED) is 0.743. The van der Waals surface area contributed by atoms with E-state index in [0.29, 0.717) is 13.1 Å². The first-order chi connectivity index (χ1) is 10.4. The number of aryl methyl sites for hydroxylation is 1. The van der Waals surface area contributed by atoms with Gasteiger partial charge in [-0.15, -0.1) is 11.3 Å². The number of hydrogen-bond donors (Lipinski definition) is 1. The maximum Gasteiger partial charge on any atom is 0.410 e. The van der Waals surface area contributed by atoms with Crippen LogP contribution in [0.15, 0.2) is 6.20 Å². The third-order valence-corrected chi connectivity index (χ3v) is 4.16. The fourth-order valence-electron chi connectivity index (χ4n) is 1.90. The van der Waals surface area contributed by atoms with Gasteiger partial charge in [0.05, 0.1) is 5.01 Å². The van der Waals surface area contributed by atoms with Crippen molar-refractivity contribution in [1.29, 1.82) is 0 Å². The Morgan fingerprint density at radius 3 is 2.68 bits per heavy atom. The van der Waals surface area contributed by atoms with Crippen LogP contribution in [0.25, 0.3) is 0 Å². The van der Waals surface area contributed by atoms with E-state index in [1.54, 1.807) is 16.2 Å². The van der Waals surface area contributed by atoms with Gasteiger partial charge in [-0.3, -0.25) is 0 Å². The van der Waals surface area contributed by atoms with E-state index in [1.165, 1.54) is 9.88 Å². The molecule has 1 heterocycles. The van der Waals surface area contributed by atoms with E-state index >= 15 is 0 Å². The first kappa shape index (κ1) is 18.9. The zero-order valence-electron chi connectivity index (χ0n) is 14.4. The minimum Gasteiger partial charge on any atom is -0.444 e. The first-order valence-electron chi connectivity index (χ1n) is 7.98. The average Bonchev–Trinajstić information content (AvgIpc) is 2.88. The Morgan fingerprint density at radius 1 is 1.41 bits per heavy atom. The maximum atomic E-state index is 12.0. The molecule has 0 fully saturated rings. The Bertz CT molecular complexity index is 454. The van der Waals surface area contributed by atoms with Gasteiger partial charge in [0.2, 0.25) is 0 Å². The lowest BCUT2D eigenvalue weighted by Gasteiger charge is -2.26. The van der Waals surface area contributed by atoms with Crippen molar-refractivity contribution in [2.24, 2.45) is 0 Å². The Hall–Kier alpha value is -1.14. The van der Waals surface area contributed by atoms with Crippen molar-refractivity contribution >= 4 is 17.4 Å². The highest BCUT2D eigenvalue weighted by molar-refractivity contribution is 7.11.